The zero-order valence-corrected chi connectivity index (χ0v) is 16.1. The minimum Gasteiger partial charge on any atom is -0.496 e. The highest BCUT2D eigenvalue weighted by Gasteiger charge is 2.23. The van der Waals surface area contributed by atoms with Crippen LogP contribution in [-0.2, 0) is 6.54 Å². The van der Waals surface area contributed by atoms with Crippen LogP contribution in [0.25, 0.3) is 5.69 Å². The maximum absolute atomic E-state index is 12.8. The molecule has 0 bridgehead atoms. The number of carbonyl (C=O) groups excluding carboxylic acids is 1. The van der Waals surface area contributed by atoms with E-state index in [-0.39, 0.29) is 11.8 Å². The Morgan fingerprint density at radius 1 is 1.15 bits per heavy atom. The van der Waals surface area contributed by atoms with Gasteiger partial charge in [-0.25, -0.2) is 4.68 Å². The van der Waals surface area contributed by atoms with Gasteiger partial charge >= 0.3 is 0 Å². The molecule has 6 nitrogen and oxygen atoms in total. The number of aryl methyl sites for hydroxylation is 1. The lowest BCUT2D eigenvalue weighted by Crippen LogP contribution is -2.25. The van der Waals surface area contributed by atoms with E-state index in [1.807, 2.05) is 69.3 Å². The first-order valence-corrected chi connectivity index (χ1v) is 8.94. The standard InChI is InChI=1S/C21H24N4O2/c1-14(2)20-19(23-24-25(20)17-11-9-15(3)10-12-17)21(26)22-13-16-7-5-6-8-18(16)27-4/h5-12,14H,13H2,1-4H3,(H,22,26). The van der Waals surface area contributed by atoms with Crippen LogP contribution in [0.2, 0.25) is 0 Å². The van der Waals surface area contributed by atoms with Gasteiger partial charge < -0.3 is 10.1 Å². The molecule has 1 aromatic heterocycles. The zero-order valence-electron chi connectivity index (χ0n) is 16.1. The topological polar surface area (TPSA) is 69.0 Å². The predicted octanol–water partition coefficient (Wildman–Crippen LogP) is 3.64. The van der Waals surface area contributed by atoms with Gasteiger partial charge in [0.25, 0.3) is 5.91 Å². The molecule has 0 fully saturated rings. The van der Waals surface area contributed by atoms with Gasteiger partial charge in [-0.2, -0.15) is 0 Å². The van der Waals surface area contributed by atoms with Crippen molar-refractivity contribution in [1.82, 2.24) is 20.3 Å². The van der Waals surface area contributed by atoms with Crippen molar-refractivity contribution < 1.29 is 9.53 Å². The molecule has 1 heterocycles. The number of benzene rings is 2. The quantitative estimate of drug-likeness (QED) is 0.725. The SMILES string of the molecule is COc1ccccc1CNC(=O)c1nnn(-c2ccc(C)cc2)c1C(C)C. The Bertz CT molecular complexity index is 930. The van der Waals surface area contributed by atoms with Gasteiger partial charge in [0, 0.05) is 12.1 Å². The van der Waals surface area contributed by atoms with Gasteiger partial charge in [-0.15, -0.1) is 5.10 Å². The van der Waals surface area contributed by atoms with Crippen molar-refractivity contribution in [2.24, 2.45) is 0 Å². The Balaban J connectivity index is 1.85. The van der Waals surface area contributed by atoms with E-state index >= 15 is 0 Å². The van der Waals surface area contributed by atoms with Gasteiger partial charge in [0.2, 0.25) is 0 Å². The molecule has 0 spiro atoms. The van der Waals surface area contributed by atoms with Crippen molar-refractivity contribution in [2.45, 2.75) is 33.2 Å². The number of rotatable bonds is 6. The number of hydrogen-bond donors (Lipinski definition) is 1. The molecule has 140 valence electrons. The smallest absolute Gasteiger partial charge is 0.274 e. The lowest BCUT2D eigenvalue weighted by atomic mass is 10.1. The van der Waals surface area contributed by atoms with Crippen molar-refractivity contribution in [3.05, 3.63) is 71.0 Å². The van der Waals surface area contributed by atoms with Crippen LogP contribution in [-0.4, -0.2) is 28.0 Å². The largest absolute Gasteiger partial charge is 0.496 e. The fraction of sp³-hybridized carbons (Fsp3) is 0.286. The van der Waals surface area contributed by atoms with Crippen molar-refractivity contribution in [3.63, 3.8) is 0 Å². The van der Waals surface area contributed by atoms with E-state index in [4.69, 9.17) is 4.74 Å². The van der Waals surface area contributed by atoms with Gasteiger partial charge in [0.1, 0.15) is 5.75 Å². The number of ether oxygens (including phenoxy) is 1. The number of nitrogens with zero attached hydrogens (tertiary/aromatic N) is 3. The third kappa shape index (κ3) is 4.00. The Morgan fingerprint density at radius 3 is 2.52 bits per heavy atom. The summed E-state index contributed by atoms with van der Waals surface area (Å²) < 4.78 is 7.07. The summed E-state index contributed by atoms with van der Waals surface area (Å²) in [6, 6.07) is 15.6. The van der Waals surface area contributed by atoms with E-state index < -0.39 is 0 Å². The molecule has 2 aromatic carbocycles. The summed E-state index contributed by atoms with van der Waals surface area (Å²) in [7, 11) is 1.62. The van der Waals surface area contributed by atoms with Crippen LogP contribution in [0.3, 0.4) is 0 Å². The molecule has 1 amide bonds. The van der Waals surface area contributed by atoms with Crippen LogP contribution in [0.4, 0.5) is 0 Å². The highest BCUT2D eigenvalue weighted by atomic mass is 16.5. The van der Waals surface area contributed by atoms with Gasteiger partial charge in [-0.1, -0.05) is 55.0 Å². The maximum atomic E-state index is 12.8. The fourth-order valence-electron chi connectivity index (χ4n) is 2.95. The van der Waals surface area contributed by atoms with Crippen molar-refractivity contribution in [1.29, 1.82) is 0 Å². The molecule has 1 N–H and O–H groups in total. The van der Waals surface area contributed by atoms with E-state index in [1.165, 1.54) is 5.56 Å². The minimum atomic E-state index is -0.247. The molecular weight excluding hydrogens is 340 g/mol. The molecule has 0 saturated carbocycles. The van der Waals surface area contributed by atoms with Crippen LogP contribution in [0.15, 0.2) is 48.5 Å². The van der Waals surface area contributed by atoms with Crippen molar-refractivity contribution in [2.75, 3.05) is 7.11 Å². The summed E-state index contributed by atoms with van der Waals surface area (Å²) in [4.78, 5) is 12.8. The van der Waals surface area contributed by atoms with E-state index in [0.717, 1.165) is 22.7 Å². The highest BCUT2D eigenvalue weighted by molar-refractivity contribution is 5.93. The molecule has 0 radical (unpaired) electrons. The molecule has 0 saturated heterocycles. The van der Waals surface area contributed by atoms with E-state index in [9.17, 15) is 4.79 Å². The average molecular weight is 364 g/mol. The number of aromatic nitrogens is 3. The summed E-state index contributed by atoms with van der Waals surface area (Å²) >= 11 is 0. The molecule has 0 aliphatic rings. The van der Waals surface area contributed by atoms with E-state index in [1.54, 1.807) is 11.8 Å². The molecule has 3 rings (SSSR count). The van der Waals surface area contributed by atoms with Crippen molar-refractivity contribution >= 4 is 5.91 Å². The van der Waals surface area contributed by atoms with Crippen molar-refractivity contribution in [3.8, 4) is 11.4 Å². The molecule has 0 aliphatic heterocycles. The molecular formula is C21H24N4O2. The third-order valence-corrected chi connectivity index (χ3v) is 4.38. The predicted molar refractivity (Wildman–Crippen MR) is 104 cm³/mol. The first kappa shape index (κ1) is 18.6. The van der Waals surface area contributed by atoms with E-state index in [0.29, 0.717) is 12.2 Å². The number of nitrogens with one attached hydrogen (secondary N) is 1. The lowest BCUT2D eigenvalue weighted by molar-refractivity contribution is 0.0944. The van der Waals surface area contributed by atoms with Gasteiger partial charge in [0.15, 0.2) is 5.69 Å². The van der Waals surface area contributed by atoms with Crippen LogP contribution in [0.5, 0.6) is 5.75 Å². The normalized spacial score (nSPS) is 10.9. The Labute approximate surface area is 159 Å². The van der Waals surface area contributed by atoms with Gasteiger partial charge in [0.05, 0.1) is 18.5 Å². The Hall–Kier alpha value is -3.15. The zero-order chi connectivity index (χ0) is 19.4. The number of hydrogen-bond acceptors (Lipinski definition) is 4. The first-order chi connectivity index (χ1) is 13.0. The van der Waals surface area contributed by atoms with Crippen LogP contribution in [0.1, 0.15) is 47.1 Å². The molecule has 3 aromatic rings. The Kier molecular flexibility index (Phi) is 5.54. The second-order valence-corrected chi connectivity index (χ2v) is 6.72. The number of para-hydroxylation sites is 1. The van der Waals surface area contributed by atoms with Gasteiger partial charge in [-0.3, -0.25) is 4.79 Å². The maximum Gasteiger partial charge on any atom is 0.274 e. The van der Waals surface area contributed by atoms with E-state index in [2.05, 4.69) is 15.6 Å². The molecule has 0 atom stereocenters. The van der Waals surface area contributed by atoms with Crippen LogP contribution < -0.4 is 10.1 Å². The Morgan fingerprint density at radius 2 is 1.85 bits per heavy atom. The summed E-state index contributed by atoms with van der Waals surface area (Å²) in [6.45, 7) is 6.45. The summed E-state index contributed by atoms with van der Waals surface area (Å²) in [5.41, 5.74) is 4.10. The second kappa shape index (κ2) is 8.03. The minimum absolute atomic E-state index is 0.0910. The average Bonchev–Trinajstić information content (AvgIpc) is 3.12. The van der Waals surface area contributed by atoms with Gasteiger partial charge in [-0.05, 0) is 31.0 Å². The van der Waals surface area contributed by atoms with Crippen LogP contribution in [0, 0.1) is 6.92 Å². The number of methoxy groups -OCH3 is 1. The molecule has 0 unspecified atom stereocenters. The monoisotopic (exact) mass is 364 g/mol. The fourth-order valence-corrected chi connectivity index (χ4v) is 2.95. The summed E-state index contributed by atoms with van der Waals surface area (Å²) in [6.07, 6.45) is 0. The van der Waals surface area contributed by atoms with Crippen LogP contribution >= 0.6 is 0 Å². The summed E-state index contributed by atoms with van der Waals surface area (Å²) in [5.74, 6) is 0.585. The second-order valence-electron chi connectivity index (χ2n) is 6.72. The third-order valence-electron chi connectivity index (χ3n) is 4.38. The highest BCUT2D eigenvalue weighted by Crippen LogP contribution is 2.22. The molecule has 6 heteroatoms. The molecule has 0 aliphatic carbocycles. The lowest BCUT2D eigenvalue weighted by Gasteiger charge is -2.12. The summed E-state index contributed by atoms with van der Waals surface area (Å²) in [5, 5.41) is 11.3. The number of amides is 1. The molecule has 27 heavy (non-hydrogen) atoms. The first-order valence-electron chi connectivity index (χ1n) is 8.94. The number of carbonyl (C=O) groups is 1.